The van der Waals surface area contributed by atoms with Crippen LogP contribution in [0.25, 0.3) is 0 Å². The number of carbonyl (C=O) groups excluding carboxylic acids is 2. The van der Waals surface area contributed by atoms with E-state index in [4.69, 9.17) is 0 Å². The van der Waals surface area contributed by atoms with E-state index in [0.29, 0.717) is 36.2 Å². The average molecular weight is 531 g/mol. The van der Waals surface area contributed by atoms with Crippen molar-refractivity contribution in [3.63, 3.8) is 0 Å². The van der Waals surface area contributed by atoms with E-state index in [-0.39, 0.29) is 36.5 Å². The van der Waals surface area contributed by atoms with Gasteiger partial charge in [-0.2, -0.15) is 10.5 Å². The fraction of sp³-hybridized carbons (Fsp3) is 0.586. The first-order chi connectivity index (χ1) is 18.7. The smallest absolute Gasteiger partial charge is 0.251 e. The van der Waals surface area contributed by atoms with Gasteiger partial charge in [0.25, 0.3) is 5.91 Å². The summed E-state index contributed by atoms with van der Waals surface area (Å²) >= 11 is 0. The maximum absolute atomic E-state index is 13.1. The van der Waals surface area contributed by atoms with Crippen LogP contribution in [0.1, 0.15) is 81.2 Å². The summed E-state index contributed by atoms with van der Waals surface area (Å²) in [5, 5.41) is 31.3. The highest BCUT2D eigenvalue weighted by Gasteiger charge is 2.60. The van der Waals surface area contributed by atoms with Crippen LogP contribution in [0, 0.1) is 23.2 Å². The highest BCUT2D eigenvalue weighted by atomic mass is 16.2. The fourth-order valence-electron chi connectivity index (χ4n) is 6.78. The van der Waals surface area contributed by atoms with E-state index in [2.05, 4.69) is 58.1 Å². The monoisotopic (exact) mass is 530 g/mol. The lowest BCUT2D eigenvalue weighted by Crippen LogP contribution is -2.44. The second-order valence-electron chi connectivity index (χ2n) is 11.7. The Kier molecular flexibility index (Phi) is 7.29. The molecule has 2 amide bonds. The lowest BCUT2D eigenvalue weighted by Gasteiger charge is -2.34. The van der Waals surface area contributed by atoms with Gasteiger partial charge in [-0.3, -0.25) is 9.59 Å². The van der Waals surface area contributed by atoms with Crippen molar-refractivity contribution < 1.29 is 9.59 Å². The number of hydrogen-bond acceptors (Lipinski definition) is 7. The predicted molar refractivity (Wildman–Crippen MR) is 145 cm³/mol. The Morgan fingerprint density at radius 1 is 1.28 bits per heavy atom. The SMILES string of the molecule is CC1=C(C)C(CCNCC(=O)N2C(C#N)CC3C(C)C32)(c2nn[nH]n2)c2ccc(C(=O)NC(C)C)cc2CC1. The number of piperidine rings is 1. The van der Waals surface area contributed by atoms with E-state index in [9.17, 15) is 14.9 Å². The zero-order valence-electron chi connectivity index (χ0n) is 23.4. The summed E-state index contributed by atoms with van der Waals surface area (Å²) in [4.78, 5) is 27.7. The fourth-order valence-corrected chi connectivity index (χ4v) is 6.78. The van der Waals surface area contributed by atoms with Crippen LogP contribution in [0.4, 0.5) is 0 Å². The number of nitrogens with zero attached hydrogens (tertiary/aromatic N) is 5. The van der Waals surface area contributed by atoms with Gasteiger partial charge in [-0.25, -0.2) is 0 Å². The minimum Gasteiger partial charge on any atom is -0.350 e. The lowest BCUT2D eigenvalue weighted by molar-refractivity contribution is -0.131. The number of aromatic amines is 1. The quantitative estimate of drug-likeness (QED) is 0.352. The number of amides is 2. The molecule has 39 heavy (non-hydrogen) atoms. The number of aryl methyl sites for hydroxylation is 1. The van der Waals surface area contributed by atoms with E-state index in [1.807, 2.05) is 32.0 Å². The molecule has 3 aliphatic rings. The molecule has 5 rings (SSSR count). The van der Waals surface area contributed by atoms with Gasteiger partial charge in [0.05, 0.1) is 18.0 Å². The van der Waals surface area contributed by atoms with Gasteiger partial charge < -0.3 is 15.5 Å². The summed E-state index contributed by atoms with van der Waals surface area (Å²) in [6.45, 7) is 11.0. The van der Waals surface area contributed by atoms with Crippen molar-refractivity contribution in [3.8, 4) is 6.07 Å². The number of benzene rings is 1. The van der Waals surface area contributed by atoms with Crippen LogP contribution in [0.2, 0.25) is 0 Å². The first kappa shape index (κ1) is 27.0. The van der Waals surface area contributed by atoms with Crippen molar-refractivity contribution in [1.29, 1.82) is 5.26 Å². The Balaban J connectivity index is 1.41. The normalized spacial score (nSPS) is 27.6. The standard InChI is InChI=1S/C29H38N8O2/c1-16(2)32-27(39)21-8-9-24-20(12-21)7-6-17(3)19(5)29(24,28-33-35-36-34-28)10-11-31-15-25(38)37-22(14-30)13-23-18(4)26(23)37/h8-9,12,16,18,22-23,26,31H,6-7,10-11,13,15H2,1-5H3,(H,32,39)(H,33,34,35,36). The molecule has 1 aliphatic heterocycles. The summed E-state index contributed by atoms with van der Waals surface area (Å²) in [7, 11) is 0. The van der Waals surface area contributed by atoms with Crippen molar-refractivity contribution in [1.82, 2.24) is 36.2 Å². The van der Waals surface area contributed by atoms with E-state index in [1.165, 1.54) is 5.57 Å². The van der Waals surface area contributed by atoms with Crippen LogP contribution >= 0.6 is 0 Å². The maximum atomic E-state index is 13.1. The van der Waals surface area contributed by atoms with Gasteiger partial charge in [-0.1, -0.05) is 29.3 Å². The molecule has 1 saturated heterocycles. The number of nitriles is 1. The van der Waals surface area contributed by atoms with E-state index >= 15 is 0 Å². The van der Waals surface area contributed by atoms with Crippen molar-refractivity contribution in [2.45, 2.75) is 83.8 Å². The molecule has 2 aromatic rings. The number of rotatable bonds is 8. The van der Waals surface area contributed by atoms with Crippen LogP contribution < -0.4 is 10.6 Å². The molecule has 2 aliphatic carbocycles. The van der Waals surface area contributed by atoms with Crippen molar-refractivity contribution in [2.24, 2.45) is 11.8 Å². The average Bonchev–Trinajstić information content (AvgIpc) is 3.28. The largest absolute Gasteiger partial charge is 0.350 e. The molecule has 0 bridgehead atoms. The molecule has 206 valence electrons. The molecule has 0 radical (unpaired) electrons. The first-order valence-electron chi connectivity index (χ1n) is 14.0. The summed E-state index contributed by atoms with van der Waals surface area (Å²) in [5.41, 5.74) is 4.54. The minimum atomic E-state index is -0.662. The Labute approximate surface area is 229 Å². The molecule has 1 aromatic carbocycles. The van der Waals surface area contributed by atoms with Gasteiger partial charge in [-0.05, 0) is 95.0 Å². The van der Waals surface area contributed by atoms with Crippen molar-refractivity contribution in [3.05, 3.63) is 51.9 Å². The molecule has 10 nitrogen and oxygen atoms in total. The molecular weight excluding hydrogens is 492 g/mol. The summed E-state index contributed by atoms with van der Waals surface area (Å²) in [6.07, 6.45) is 3.06. The molecule has 2 heterocycles. The first-order valence-corrected chi connectivity index (χ1v) is 14.0. The number of aromatic nitrogens is 4. The Bertz CT molecular complexity index is 1330. The molecule has 10 heteroatoms. The van der Waals surface area contributed by atoms with Gasteiger partial charge >= 0.3 is 0 Å². The molecule has 0 spiro atoms. The van der Waals surface area contributed by atoms with Gasteiger partial charge in [-0.15, -0.1) is 10.2 Å². The maximum Gasteiger partial charge on any atom is 0.251 e. The lowest BCUT2D eigenvalue weighted by atomic mass is 9.69. The number of tetrazole rings is 1. The highest BCUT2D eigenvalue weighted by Crippen LogP contribution is 2.53. The van der Waals surface area contributed by atoms with Gasteiger partial charge in [0.1, 0.15) is 6.04 Å². The molecule has 2 fully saturated rings. The molecule has 1 saturated carbocycles. The van der Waals surface area contributed by atoms with Gasteiger partial charge in [0.15, 0.2) is 5.82 Å². The molecular formula is C29H38N8O2. The summed E-state index contributed by atoms with van der Waals surface area (Å²) < 4.78 is 0. The number of fused-ring (bicyclic) bond motifs is 2. The Morgan fingerprint density at radius 3 is 2.77 bits per heavy atom. The van der Waals surface area contributed by atoms with Crippen LogP contribution in [-0.4, -0.2) is 68.6 Å². The summed E-state index contributed by atoms with van der Waals surface area (Å²) in [6, 6.07) is 8.15. The molecule has 5 atom stereocenters. The van der Waals surface area contributed by atoms with Crippen LogP contribution in [-0.2, 0) is 16.6 Å². The van der Waals surface area contributed by atoms with Crippen molar-refractivity contribution >= 4 is 11.8 Å². The number of carbonyl (C=O) groups is 2. The Morgan fingerprint density at radius 2 is 2.08 bits per heavy atom. The third kappa shape index (κ3) is 4.73. The van der Waals surface area contributed by atoms with E-state index < -0.39 is 5.41 Å². The highest BCUT2D eigenvalue weighted by molar-refractivity contribution is 5.94. The number of nitrogens with one attached hydrogen (secondary N) is 3. The minimum absolute atomic E-state index is 0.0162. The van der Waals surface area contributed by atoms with Crippen molar-refractivity contribution in [2.75, 3.05) is 13.1 Å². The van der Waals surface area contributed by atoms with E-state index in [1.54, 1.807) is 4.90 Å². The zero-order chi connectivity index (χ0) is 27.9. The van der Waals surface area contributed by atoms with Crippen LogP contribution in [0.3, 0.4) is 0 Å². The predicted octanol–water partition coefficient (Wildman–Crippen LogP) is 2.65. The number of allylic oxidation sites excluding steroid dienone is 2. The van der Waals surface area contributed by atoms with Crippen LogP contribution in [0.15, 0.2) is 29.3 Å². The van der Waals surface area contributed by atoms with Crippen LogP contribution in [0.5, 0.6) is 0 Å². The summed E-state index contributed by atoms with van der Waals surface area (Å²) in [5.74, 6) is 1.41. The number of H-pyrrole nitrogens is 1. The van der Waals surface area contributed by atoms with E-state index in [0.717, 1.165) is 36.0 Å². The second kappa shape index (κ2) is 10.5. The number of hydrogen-bond donors (Lipinski definition) is 3. The molecule has 3 N–H and O–H groups in total. The third-order valence-electron chi connectivity index (χ3n) is 9.08. The molecule has 1 aromatic heterocycles. The number of likely N-dealkylation sites (tertiary alicyclic amines) is 1. The Hall–Kier alpha value is -3.58. The van der Waals surface area contributed by atoms with Gasteiger partial charge in [0.2, 0.25) is 5.91 Å². The van der Waals surface area contributed by atoms with Gasteiger partial charge in [0, 0.05) is 17.6 Å². The third-order valence-corrected chi connectivity index (χ3v) is 9.08. The zero-order valence-corrected chi connectivity index (χ0v) is 23.4. The topological polar surface area (TPSA) is 140 Å². The second-order valence-corrected chi connectivity index (χ2v) is 11.7. The molecule has 5 unspecified atom stereocenters.